The van der Waals surface area contributed by atoms with Crippen molar-refractivity contribution >= 4 is 27.6 Å². The molecule has 1 amide bonds. The molecule has 1 aromatic carbocycles. The Morgan fingerprint density at radius 3 is 2.68 bits per heavy atom. The zero-order valence-corrected chi connectivity index (χ0v) is 18.5. The van der Waals surface area contributed by atoms with Crippen LogP contribution in [0.5, 0.6) is 0 Å². The van der Waals surface area contributed by atoms with Crippen LogP contribution in [0.2, 0.25) is 0 Å². The second-order valence-corrected chi connectivity index (χ2v) is 9.77. The number of hydrogen-bond donors (Lipinski definition) is 2. The Morgan fingerprint density at radius 2 is 2.06 bits per heavy atom. The van der Waals surface area contributed by atoms with Gasteiger partial charge in [-0.15, -0.1) is 0 Å². The first-order chi connectivity index (χ1) is 14.6. The van der Waals surface area contributed by atoms with Crippen LogP contribution in [0.1, 0.15) is 48.3 Å². The highest BCUT2D eigenvalue weighted by Crippen LogP contribution is 2.34. The molecule has 0 radical (unpaired) electrons. The number of unbranched alkanes of at least 4 members (excludes halogenated alkanes) is 1. The third kappa shape index (κ3) is 4.84. The van der Waals surface area contributed by atoms with Crippen LogP contribution in [0.3, 0.4) is 0 Å². The molecule has 10 heteroatoms. The number of pyridine rings is 1. The average molecular weight is 448 g/mol. The van der Waals surface area contributed by atoms with Gasteiger partial charge in [0.1, 0.15) is 17.1 Å². The normalized spacial score (nSPS) is 20.3. The van der Waals surface area contributed by atoms with Crippen LogP contribution in [-0.4, -0.2) is 42.4 Å². The van der Waals surface area contributed by atoms with Gasteiger partial charge in [-0.05, 0) is 49.6 Å². The Kier molecular flexibility index (Phi) is 6.30. The summed E-state index contributed by atoms with van der Waals surface area (Å²) >= 11 is 0. The van der Waals surface area contributed by atoms with Gasteiger partial charge in [0.15, 0.2) is 0 Å². The summed E-state index contributed by atoms with van der Waals surface area (Å²) in [5.41, 5.74) is 5.91. The third-order valence-electron chi connectivity index (χ3n) is 5.25. The summed E-state index contributed by atoms with van der Waals surface area (Å²) in [6, 6.07) is 7.43. The molecule has 0 saturated carbocycles. The van der Waals surface area contributed by atoms with Gasteiger partial charge >= 0.3 is 0 Å². The van der Waals surface area contributed by atoms with E-state index in [1.165, 1.54) is 26.1 Å². The van der Waals surface area contributed by atoms with Crippen molar-refractivity contribution in [2.45, 2.75) is 38.6 Å². The summed E-state index contributed by atoms with van der Waals surface area (Å²) in [6.45, 7) is 3.60. The lowest BCUT2D eigenvalue weighted by atomic mass is 9.93. The Bertz CT molecular complexity index is 1120. The number of benzene rings is 1. The maximum atomic E-state index is 14.6. The lowest BCUT2D eigenvalue weighted by Gasteiger charge is -2.34. The number of nitrogens with zero attached hydrogens (tertiary/aromatic N) is 3. The maximum Gasteiger partial charge on any atom is 0.274 e. The van der Waals surface area contributed by atoms with Gasteiger partial charge in [-0.1, -0.05) is 19.4 Å². The minimum atomic E-state index is -3.76. The van der Waals surface area contributed by atoms with Gasteiger partial charge < -0.3 is 11.1 Å². The lowest BCUT2D eigenvalue weighted by molar-refractivity contribution is 0.102. The van der Waals surface area contributed by atoms with Crippen molar-refractivity contribution < 1.29 is 17.6 Å². The molecule has 8 nitrogen and oxygen atoms in total. The molecule has 1 aromatic heterocycles. The van der Waals surface area contributed by atoms with Gasteiger partial charge in [-0.25, -0.2) is 22.1 Å². The smallest absolute Gasteiger partial charge is 0.274 e. The van der Waals surface area contributed by atoms with Crippen molar-refractivity contribution in [2.75, 3.05) is 18.1 Å². The van der Waals surface area contributed by atoms with Crippen LogP contribution in [0.4, 0.5) is 10.1 Å². The van der Waals surface area contributed by atoms with Crippen LogP contribution >= 0.6 is 0 Å². The molecule has 2 heterocycles. The van der Waals surface area contributed by atoms with E-state index in [0.29, 0.717) is 5.69 Å². The first kappa shape index (κ1) is 22.7. The van der Waals surface area contributed by atoms with Gasteiger partial charge in [-0.3, -0.25) is 9.78 Å². The van der Waals surface area contributed by atoms with E-state index in [0.717, 1.165) is 35.2 Å². The molecule has 31 heavy (non-hydrogen) atoms. The number of halogens is 1. The number of hydrogen-bond acceptors (Lipinski definition) is 6. The number of amides is 1. The second-order valence-electron chi connectivity index (χ2n) is 7.77. The summed E-state index contributed by atoms with van der Waals surface area (Å²) in [7, 11) is -2.47. The largest absolute Gasteiger partial charge is 0.369 e. The molecule has 0 aliphatic carbocycles. The van der Waals surface area contributed by atoms with E-state index in [-0.39, 0.29) is 17.2 Å². The Hall–Kier alpha value is -3.01. The summed E-state index contributed by atoms with van der Waals surface area (Å²) < 4.78 is 40.3. The predicted molar refractivity (Wildman–Crippen MR) is 118 cm³/mol. The minimum absolute atomic E-state index is 0.0211. The fourth-order valence-corrected chi connectivity index (χ4v) is 4.84. The molecule has 0 unspecified atom stereocenters. The first-order valence-corrected chi connectivity index (χ1v) is 11.5. The molecule has 0 fully saturated rings. The van der Waals surface area contributed by atoms with Crippen LogP contribution in [0.15, 0.2) is 41.5 Å². The highest BCUT2D eigenvalue weighted by Gasteiger charge is 2.41. The molecular weight excluding hydrogens is 421 g/mol. The molecule has 1 atom stereocenters. The Balaban J connectivity index is 1.85. The van der Waals surface area contributed by atoms with Crippen molar-refractivity contribution in [3.63, 3.8) is 0 Å². The standard InChI is InChI=1S/C21H26FN5O3S/c1-4-5-6-14-7-10-18(24-12-14)19(28)25-15-8-9-17(22)16(11-15)21(2)13-31(29,30)27(3)20(23)26-21/h7-12H,4-6,13H2,1-3H3,(H2,23,26)(H,25,28)/t21-/m0/s1. The zero-order chi connectivity index (χ0) is 22.8. The number of sulfonamides is 1. The number of guanidine groups is 1. The van der Waals surface area contributed by atoms with E-state index in [1.807, 2.05) is 6.07 Å². The number of aliphatic imine (C=N–C) groups is 1. The van der Waals surface area contributed by atoms with E-state index >= 15 is 0 Å². The molecule has 1 aliphatic rings. The Labute approximate surface area is 181 Å². The lowest BCUT2D eigenvalue weighted by Crippen LogP contribution is -2.50. The number of nitrogens with one attached hydrogen (secondary N) is 1. The highest BCUT2D eigenvalue weighted by molar-refractivity contribution is 7.89. The number of aromatic nitrogens is 1. The number of carbonyl (C=O) groups is 1. The van der Waals surface area contributed by atoms with Crippen LogP contribution in [0, 0.1) is 5.82 Å². The predicted octanol–water partition coefficient (Wildman–Crippen LogP) is 2.62. The van der Waals surface area contributed by atoms with Crippen molar-refractivity contribution in [3.05, 3.63) is 59.2 Å². The number of anilines is 1. The number of carbonyl (C=O) groups excluding carboxylic acids is 1. The minimum Gasteiger partial charge on any atom is -0.369 e. The Morgan fingerprint density at radius 1 is 1.32 bits per heavy atom. The summed E-state index contributed by atoms with van der Waals surface area (Å²) in [6.07, 6.45) is 4.68. The molecule has 0 bridgehead atoms. The zero-order valence-electron chi connectivity index (χ0n) is 17.7. The maximum absolute atomic E-state index is 14.6. The van der Waals surface area contributed by atoms with Gasteiger partial charge in [-0.2, -0.15) is 0 Å². The van der Waals surface area contributed by atoms with Gasteiger partial charge in [0, 0.05) is 24.5 Å². The van der Waals surface area contributed by atoms with E-state index in [9.17, 15) is 17.6 Å². The van der Waals surface area contributed by atoms with Crippen molar-refractivity contribution in [1.29, 1.82) is 0 Å². The van der Waals surface area contributed by atoms with Gasteiger partial charge in [0.2, 0.25) is 16.0 Å². The molecule has 3 N–H and O–H groups in total. The van der Waals surface area contributed by atoms with E-state index in [1.54, 1.807) is 12.3 Å². The fourth-order valence-electron chi connectivity index (χ4n) is 3.39. The molecule has 1 aliphatic heterocycles. The molecule has 3 rings (SSSR count). The molecule has 2 aromatic rings. The number of aryl methyl sites for hydroxylation is 1. The highest BCUT2D eigenvalue weighted by atomic mass is 32.2. The average Bonchev–Trinajstić information content (AvgIpc) is 2.71. The fraction of sp³-hybridized carbons (Fsp3) is 0.381. The van der Waals surface area contributed by atoms with Crippen molar-refractivity contribution in [2.24, 2.45) is 10.7 Å². The second kappa shape index (κ2) is 8.62. The van der Waals surface area contributed by atoms with Crippen LogP contribution in [-0.2, 0) is 22.0 Å². The number of nitrogens with two attached hydrogens (primary N) is 1. The van der Waals surface area contributed by atoms with Gasteiger partial charge in [0.25, 0.3) is 5.91 Å². The van der Waals surface area contributed by atoms with Crippen LogP contribution in [0.25, 0.3) is 0 Å². The SMILES string of the molecule is CCCCc1ccc(C(=O)Nc2ccc(F)c([C@]3(C)CS(=O)(=O)N(C)C(N)=N3)c2)nc1. The monoisotopic (exact) mass is 447 g/mol. The molecule has 0 spiro atoms. The summed E-state index contributed by atoms with van der Waals surface area (Å²) in [4.78, 5) is 21.0. The summed E-state index contributed by atoms with van der Waals surface area (Å²) in [5.74, 6) is -1.78. The van der Waals surface area contributed by atoms with E-state index in [2.05, 4.69) is 22.2 Å². The van der Waals surface area contributed by atoms with Crippen molar-refractivity contribution in [1.82, 2.24) is 9.29 Å². The quantitative estimate of drug-likeness (QED) is 0.706. The van der Waals surface area contributed by atoms with E-state index < -0.39 is 33.0 Å². The van der Waals surface area contributed by atoms with E-state index in [4.69, 9.17) is 5.73 Å². The third-order valence-corrected chi connectivity index (χ3v) is 7.19. The molecular formula is C21H26FN5O3S. The first-order valence-electron chi connectivity index (χ1n) is 9.94. The number of rotatable bonds is 6. The summed E-state index contributed by atoms with van der Waals surface area (Å²) in [5, 5.41) is 2.68. The van der Waals surface area contributed by atoms with Crippen LogP contribution < -0.4 is 11.1 Å². The van der Waals surface area contributed by atoms with Gasteiger partial charge in [0.05, 0.1) is 5.75 Å². The molecule has 166 valence electrons. The molecule has 0 saturated heterocycles. The topological polar surface area (TPSA) is 118 Å². The van der Waals surface area contributed by atoms with Crippen molar-refractivity contribution in [3.8, 4) is 0 Å².